The summed E-state index contributed by atoms with van der Waals surface area (Å²) in [5.74, 6) is 1.61. The molecule has 0 saturated heterocycles. The van der Waals surface area contributed by atoms with Gasteiger partial charge in [-0.3, -0.25) is 0 Å². The van der Waals surface area contributed by atoms with Crippen LogP contribution < -0.4 is 5.32 Å². The van der Waals surface area contributed by atoms with Gasteiger partial charge in [0, 0.05) is 53.2 Å². The van der Waals surface area contributed by atoms with E-state index < -0.39 is 6.17 Å². The summed E-state index contributed by atoms with van der Waals surface area (Å²) in [4.78, 5) is 16.0. The molecule has 7 aromatic carbocycles. The molecule has 0 saturated carbocycles. The van der Waals surface area contributed by atoms with Crippen LogP contribution in [0.1, 0.15) is 22.9 Å². The van der Waals surface area contributed by atoms with Crippen LogP contribution in [0.2, 0.25) is 0 Å². The Balaban J connectivity index is 1.14. The number of nitrogens with zero attached hydrogens (tertiary/aromatic N) is 3. The number of rotatable bonds is 4. The molecule has 0 aliphatic carbocycles. The molecule has 1 atom stereocenters. The highest BCUT2D eigenvalue weighted by atomic mass is 32.1. The Bertz CT molecular complexity index is 3120. The number of hydrogen-bond acceptors (Lipinski definition) is 6. The highest BCUT2D eigenvalue weighted by molar-refractivity contribution is 7.26. The Hall–Kier alpha value is -6.63. The number of aromatic nitrogens is 1. The van der Waals surface area contributed by atoms with E-state index in [4.69, 9.17) is 19.4 Å². The third kappa shape index (κ3) is 4.44. The van der Waals surface area contributed by atoms with Crippen molar-refractivity contribution in [2.75, 3.05) is 0 Å². The number of nitrogens with one attached hydrogen (secondary N) is 1. The van der Waals surface area contributed by atoms with Crippen LogP contribution in [0.4, 0.5) is 0 Å². The SMILES string of the molecule is c1ccc(C2=NC(c3ccc(-c4nc5ccccc5c5oc6ccccc6c45)c4ccccc34)N=C(c3cccc4c3sc3ccccc34)N2)cc1. The van der Waals surface area contributed by atoms with Crippen LogP contribution in [0, 0.1) is 0 Å². The third-order valence-electron chi connectivity index (χ3n) is 10.2. The van der Waals surface area contributed by atoms with Gasteiger partial charge in [0.15, 0.2) is 6.17 Å². The molecular weight excluding hydrogens is 657 g/mol. The molecule has 52 heavy (non-hydrogen) atoms. The van der Waals surface area contributed by atoms with Gasteiger partial charge in [0.1, 0.15) is 22.8 Å². The second kappa shape index (κ2) is 11.5. The Morgan fingerprint density at radius 1 is 0.519 bits per heavy atom. The lowest BCUT2D eigenvalue weighted by Gasteiger charge is -2.24. The molecule has 0 fully saturated rings. The summed E-state index contributed by atoms with van der Waals surface area (Å²) in [5, 5.41) is 11.4. The number of aliphatic imine (C=N–C) groups is 2. The molecule has 11 rings (SSSR count). The van der Waals surface area contributed by atoms with Crippen LogP contribution in [-0.4, -0.2) is 16.7 Å². The first kappa shape index (κ1) is 29.1. The van der Waals surface area contributed by atoms with Crippen LogP contribution in [0.15, 0.2) is 172 Å². The van der Waals surface area contributed by atoms with E-state index in [0.29, 0.717) is 0 Å². The molecule has 1 aliphatic heterocycles. The highest BCUT2D eigenvalue weighted by Crippen LogP contribution is 2.43. The first-order chi connectivity index (χ1) is 25.8. The standard InChI is InChI=1S/C46H28N4OS/c1-2-13-27(14-3-1)44-48-45(50-46(49-44)36-21-12-20-32-30-17-8-11-24-39(30)52-43(32)36)33-26-25-31(28-15-4-5-16-29(28)33)41-40-35-19-7-10-23-38(35)51-42(40)34-18-6-9-22-37(34)47-41/h1-26,45H,(H,48,49,50). The summed E-state index contributed by atoms with van der Waals surface area (Å²) in [6, 6.07) is 54.8. The molecule has 4 heterocycles. The third-order valence-corrected chi connectivity index (χ3v) is 11.4. The molecule has 5 nitrogen and oxygen atoms in total. The summed E-state index contributed by atoms with van der Waals surface area (Å²) >= 11 is 1.81. The molecule has 244 valence electrons. The van der Waals surface area contributed by atoms with Gasteiger partial charge in [0.25, 0.3) is 0 Å². The number of pyridine rings is 1. The van der Waals surface area contributed by atoms with Crippen molar-refractivity contribution in [2.24, 2.45) is 9.98 Å². The molecular formula is C46H28N4OS. The maximum atomic E-state index is 6.53. The predicted molar refractivity (Wildman–Crippen MR) is 217 cm³/mol. The fourth-order valence-electron chi connectivity index (χ4n) is 7.76. The first-order valence-electron chi connectivity index (χ1n) is 17.4. The first-order valence-corrected chi connectivity index (χ1v) is 18.2. The Morgan fingerprint density at radius 2 is 1.21 bits per heavy atom. The van der Waals surface area contributed by atoms with Gasteiger partial charge in [-0.2, -0.15) is 0 Å². The van der Waals surface area contributed by atoms with Gasteiger partial charge in [-0.05, 0) is 41.1 Å². The lowest BCUT2D eigenvalue weighted by atomic mass is 9.93. The topological polar surface area (TPSA) is 62.8 Å². The van der Waals surface area contributed by atoms with Crippen molar-refractivity contribution < 1.29 is 4.42 Å². The summed E-state index contributed by atoms with van der Waals surface area (Å²) < 4.78 is 9.01. The largest absolute Gasteiger partial charge is 0.455 e. The van der Waals surface area contributed by atoms with E-state index in [1.54, 1.807) is 11.3 Å². The second-order valence-electron chi connectivity index (χ2n) is 13.1. The van der Waals surface area contributed by atoms with Crippen molar-refractivity contribution >= 4 is 86.8 Å². The Labute approximate surface area is 302 Å². The summed E-state index contributed by atoms with van der Waals surface area (Å²) in [7, 11) is 0. The van der Waals surface area contributed by atoms with E-state index in [0.717, 1.165) is 83.2 Å². The van der Waals surface area contributed by atoms with E-state index in [9.17, 15) is 0 Å². The summed E-state index contributed by atoms with van der Waals surface area (Å²) in [6.07, 6.45) is -0.477. The lowest BCUT2D eigenvalue weighted by molar-refractivity contribution is 0.672. The number of benzene rings is 7. The van der Waals surface area contributed by atoms with Crippen molar-refractivity contribution in [3.63, 3.8) is 0 Å². The summed E-state index contributed by atoms with van der Waals surface area (Å²) in [5.41, 5.74) is 7.67. The van der Waals surface area contributed by atoms with Crippen molar-refractivity contribution in [3.05, 3.63) is 174 Å². The monoisotopic (exact) mass is 684 g/mol. The average Bonchev–Trinajstić information content (AvgIpc) is 3.80. The van der Waals surface area contributed by atoms with Crippen LogP contribution in [0.3, 0.4) is 0 Å². The molecule has 0 radical (unpaired) electrons. The maximum Gasteiger partial charge on any atom is 0.170 e. The maximum absolute atomic E-state index is 6.53. The van der Waals surface area contributed by atoms with E-state index in [1.165, 1.54) is 20.2 Å². The van der Waals surface area contributed by atoms with Gasteiger partial charge >= 0.3 is 0 Å². The minimum atomic E-state index is -0.477. The van der Waals surface area contributed by atoms with Crippen molar-refractivity contribution in [2.45, 2.75) is 6.17 Å². The molecule has 0 bridgehead atoms. The number of hydrogen-bond donors (Lipinski definition) is 1. The number of thiophene rings is 1. The van der Waals surface area contributed by atoms with Gasteiger partial charge in [-0.1, -0.05) is 127 Å². The Kier molecular flexibility index (Phi) is 6.42. The normalized spacial score (nSPS) is 14.7. The molecule has 1 unspecified atom stereocenters. The van der Waals surface area contributed by atoms with Crippen LogP contribution in [-0.2, 0) is 0 Å². The van der Waals surface area contributed by atoms with Gasteiger partial charge in [0.2, 0.25) is 0 Å². The van der Waals surface area contributed by atoms with Gasteiger partial charge < -0.3 is 9.73 Å². The van der Waals surface area contributed by atoms with E-state index in [2.05, 4.69) is 121 Å². The molecule has 3 aromatic heterocycles. The minimum absolute atomic E-state index is 0.477. The zero-order valence-electron chi connectivity index (χ0n) is 27.7. The van der Waals surface area contributed by atoms with E-state index >= 15 is 0 Å². The number of para-hydroxylation sites is 2. The zero-order chi connectivity index (χ0) is 34.2. The van der Waals surface area contributed by atoms with E-state index in [-0.39, 0.29) is 0 Å². The smallest absolute Gasteiger partial charge is 0.170 e. The van der Waals surface area contributed by atoms with E-state index in [1.807, 2.05) is 42.5 Å². The van der Waals surface area contributed by atoms with Crippen molar-refractivity contribution in [1.82, 2.24) is 10.3 Å². The molecule has 1 N–H and O–H groups in total. The molecule has 1 aliphatic rings. The second-order valence-corrected chi connectivity index (χ2v) is 14.2. The lowest BCUT2D eigenvalue weighted by Crippen LogP contribution is -2.36. The molecule has 10 aromatic rings. The quantitative estimate of drug-likeness (QED) is 0.201. The van der Waals surface area contributed by atoms with Crippen LogP contribution in [0.25, 0.3) is 75.0 Å². The fraction of sp³-hybridized carbons (Fsp3) is 0.0217. The number of amidine groups is 2. The van der Waals surface area contributed by atoms with Gasteiger partial charge in [-0.25, -0.2) is 15.0 Å². The molecule has 0 spiro atoms. The zero-order valence-corrected chi connectivity index (χ0v) is 28.6. The fourth-order valence-corrected chi connectivity index (χ4v) is 8.98. The van der Waals surface area contributed by atoms with Gasteiger partial charge in [-0.15, -0.1) is 11.3 Å². The summed E-state index contributed by atoms with van der Waals surface area (Å²) in [6.45, 7) is 0. The van der Waals surface area contributed by atoms with Crippen LogP contribution >= 0.6 is 11.3 Å². The minimum Gasteiger partial charge on any atom is -0.455 e. The number of fused-ring (bicyclic) bond motifs is 9. The Morgan fingerprint density at radius 3 is 2.10 bits per heavy atom. The van der Waals surface area contributed by atoms with Crippen LogP contribution in [0.5, 0.6) is 0 Å². The van der Waals surface area contributed by atoms with Crippen molar-refractivity contribution in [3.8, 4) is 11.3 Å². The molecule has 6 heteroatoms. The number of furan rings is 1. The molecule has 0 amide bonds. The van der Waals surface area contributed by atoms with Crippen molar-refractivity contribution in [1.29, 1.82) is 0 Å². The average molecular weight is 685 g/mol. The predicted octanol–water partition coefficient (Wildman–Crippen LogP) is 11.8. The highest BCUT2D eigenvalue weighted by Gasteiger charge is 2.26. The van der Waals surface area contributed by atoms with Gasteiger partial charge in [0.05, 0.1) is 16.6 Å².